The fraction of sp³-hybridized carbons (Fsp3) is 0.353. The predicted octanol–water partition coefficient (Wildman–Crippen LogP) is 2.82. The molecule has 0 aliphatic rings. The molecular formula is C17H19BrN2O4. The fourth-order valence-electron chi connectivity index (χ4n) is 1.72. The van der Waals surface area contributed by atoms with Crippen LogP contribution in [0.3, 0.4) is 0 Å². The second-order valence-electron chi connectivity index (χ2n) is 5.08. The van der Waals surface area contributed by atoms with Crippen molar-refractivity contribution in [3.63, 3.8) is 0 Å². The normalized spacial score (nSPS) is 10.9. The van der Waals surface area contributed by atoms with Crippen LogP contribution in [-0.2, 0) is 14.3 Å². The van der Waals surface area contributed by atoms with E-state index in [-0.39, 0.29) is 18.2 Å². The molecule has 0 aliphatic heterocycles. The average molecular weight is 395 g/mol. The van der Waals surface area contributed by atoms with Gasteiger partial charge in [0.2, 0.25) is 0 Å². The summed E-state index contributed by atoms with van der Waals surface area (Å²) in [4.78, 5) is 23.2. The second kappa shape index (κ2) is 9.73. The van der Waals surface area contributed by atoms with E-state index in [1.165, 1.54) is 6.08 Å². The quantitative estimate of drug-likeness (QED) is 0.436. The molecule has 0 unspecified atom stereocenters. The van der Waals surface area contributed by atoms with Gasteiger partial charge in [-0.15, -0.1) is 0 Å². The summed E-state index contributed by atoms with van der Waals surface area (Å²) in [5, 5.41) is 11.8. The van der Waals surface area contributed by atoms with Gasteiger partial charge in [-0.1, -0.05) is 6.07 Å². The minimum atomic E-state index is -0.453. The molecular weight excluding hydrogens is 376 g/mol. The molecule has 1 aromatic carbocycles. The fourth-order valence-corrected chi connectivity index (χ4v) is 2.23. The van der Waals surface area contributed by atoms with Gasteiger partial charge in [-0.2, -0.15) is 5.26 Å². The Hall–Kier alpha value is -2.33. The first kappa shape index (κ1) is 19.7. The van der Waals surface area contributed by atoms with Crippen molar-refractivity contribution in [1.29, 1.82) is 5.26 Å². The predicted molar refractivity (Wildman–Crippen MR) is 93.1 cm³/mol. The molecule has 0 saturated carbocycles. The highest BCUT2D eigenvalue weighted by Gasteiger charge is 2.11. The molecule has 6 nitrogen and oxygen atoms in total. The Morgan fingerprint density at radius 3 is 2.67 bits per heavy atom. The largest absolute Gasteiger partial charge is 0.481 e. The van der Waals surface area contributed by atoms with Gasteiger partial charge in [0, 0.05) is 6.04 Å². The van der Waals surface area contributed by atoms with Gasteiger partial charge in [0.05, 0.1) is 11.1 Å². The summed E-state index contributed by atoms with van der Waals surface area (Å²) >= 11 is 3.34. The molecule has 0 atom stereocenters. The molecule has 0 aliphatic carbocycles. The number of carbonyl (C=O) groups is 2. The van der Waals surface area contributed by atoms with E-state index in [2.05, 4.69) is 21.2 Å². The van der Waals surface area contributed by atoms with E-state index in [1.807, 2.05) is 19.9 Å². The van der Waals surface area contributed by atoms with Crippen LogP contribution in [0.2, 0.25) is 0 Å². The maximum atomic E-state index is 11.9. The Labute approximate surface area is 149 Å². The summed E-state index contributed by atoms with van der Waals surface area (Å²) in [7, 11) is 0. The van der Waals surface area contributed by atoms with Crippen LogP contribution < -0.4 is 10.1 Å². The molecule has 0 fully saturated rings. The van der Waals surface area contributed by atoms with Crippen molar-refractivity contribution < 1.29 is 19.1 Å². The van der Waals surface area contributed by atoms with Gasteiger partial charge in [0.1, 0.15) is 17.4 Å². The number of carbonyl (C=O) groups excluding carboxylic acids is 2. The summed E-state index contributed by atoms with van der Waals surface area (Å²) in [6, 6.07) is 6.85. The van der Waals surface area contributed by atoms with E-state index in [1.54, 1.807) is 25.1 Å². The number of amides is 1. The molecule has 1 amide bonds. The van der Waals surface area contributed by atoms with Gasteiger partial charge in [-0.05, 0) is 60.5 Å². The summed E-state index contributed by atoms with van der Waals surface area (Å²) in [6.45, 7) is 5.46. The van der Waals surface area contributed by atoms with Gasteiger partial charge in [-0.3, -0.25) is 4.79 Å². The monoisotopic (exact) mass is 394 g/mol. The molecule has 0 saturated heterocycles. The maximum Gasteiger partial charge on any atom is 0.344 e. The van der Waals surface area contributed by atoms with Crippen molar-refractivity contribution in [2.24, 2.45) is 0 Å². The summed E-state index contributed by atoms with van der Waals surface area (Å²) in [6.07, 6.45) is 1.48. The molecule has 0 aromatic heterocycles. The standard InChI is InChI=1S/C17H19BrN2O4/c1-4-23-16(21)10-24-15-6-5-12(8-14(15)18)7-13(9-19)17(22)20-11(2)3/h5-8,11H,4,10H2,1-3H3,(H,20,22)/b13-7-. The number of ether oxygens (including phenoxy) is 2. The molecule has 0 bridgehead atoms. The average Bonchev–Trinajstić information content (AvgIpc) is 2.51. The van der Waals surface area contributed by atoms with Crippen LogP contribution in [0, 0.1) is 11.3 Å². The molecule has 0 radical (unpaired) electrons. The van der Waals surface area contributed by atoms with E-state index in [0.29, 0.717) is 22.4 Å². The SMILES string of the molecule is CCOC(=O)COc1ccc(/C=C(/C#N)C(=O)NC(C)C)cc1Br. The lowest BCUT2D eigenvalue weighted by molar-refractivity contribution is -0.145. The lowest BCUT2D eigenvalue weighted by Gasteiger charge is -2.09. The zero-order valence-corrected chi connectivity index (χ0v) is 15.3. The van der Waals surface area contributed by atoms with Crippen LogP contribution in [0.15, 0.2) is 28.2 Å². The van der Waals surface area contributed by atoms with Crippen molar-refractivity contribution in [3.8, 4) is 11.8 Å². The van der Waals surface area contributed by atoms with Gasteiger partial charge in [-0.25, -0.2) is 4.79 Å². The van der Waals surface area contributed by atoms with E-state index in [0.717, 1.165) is 0 Å². The van der Waals surface area contributed by atoms with Crippen molar-refractivity contribution in [1.82, 2.24) is 5.32 Å². The smallest absolute Gasteiger partial charge is 0.344 e. The second-order valence-corrected chi connectivity index (χ2v) is 5.94. The first-order valence-electron chi connectivity index (χ1n) is 7.38. The number of nitrogens with zero attached hydrogens (tertiary/aromatic N) is 1. The van der Waals surface area contributed by atoms with Crippen molar-refractivity contribution in [2.45, 2.75) is 26.8 Å². The summed E-state index contributed by atoms with van der Waals surface area (Å²) in [5.74, 6) is -0.415. The number of hydrogen-bond acceptors (Lipinski definition) is 5. The zero-order valence-electron chi connectivity index (χ0n) is 13.8. The van der Waals surface area contributed by atoms with E-state index in [9.17, 15) is 9.59 Å². The third-order valence-electron chi connectivity index (χ3n) is 2.70. The number of rotatable bonds is 7. The first-order valence-corrected chi connectivity index (χ1v) is 8.17. The first-order chi connectivity index (χ1) is 11.4. The minimum Gasteiger partial charge on any atom is -0.481 e. The zero-order chi connectivity index (χ0) is 18.1. The Kier molecular flexibility index (Phi) is 7.99. The number of halogens is 1. The third-order valence-corrected chi connectivity index (χ3v) is 3.32. The van der Waals surface area contributed by atoms with Crippen molar-refractivity contribution in [2.75, 3.05) is 13.2 Å². The molecule has 1 N–H and O–H groups in total. The Bertz CT molecular complexity index is 678. The Morgan fingerprint density at radius 1 is 1.42 bits per heavy atom. The number of hydrogen-bond donors (Lipinski definition) is 1. The summed E-state index contributed by atoms with van der Waals surface area (Å²) < 4.78 is 10.7. The number of nitrogens with one attached hydrogen (secondary N) is 1. The van der Waals surface area contributed by atoms with Crippen LogP contribution >= 0.6 is 15.9 Å². The molecule has 0 heterocycles. The Morgan fingerprint density at radius 2 is 2.12 bits per heavy atom. The maximum absolute atomic E-state index is 11.9. The van der Waals surface area contributed by atoms with Crippen LogP contribution in [0.25, 0.3) is 6.08 Å². The molecule has 24 heavy (non-hydrogen) atoms. The van der Waals surface area contributed by atoms with Gasteiger partial charge in [0.25, 0.3) is 5.91 Å². The molecule has 1 rings (SSSR count). The number of esters is 1. The lowest BCUT2D eigenvalue weighted by atomic mass is 10.1. The lowest BCUT2D eigenvalue weighted by Crippen LogP contribution is -2.30. The minimum absolute atomic E-state index is 0.00999. The van der Waals surface area contributed by atoms with Gasteiger partial charge >= 0.3 is 5.97 Å². The molecule has 7 heteroatoms. The van der Waals surface area contributed by atoms with Crippen LogP contribution in [0.5, 0.6) is 5.75 Å². The van der Waals surface area contributed by atoms with Crippen LogP contribution in [0.1, 0.15) is 26.3 Å². The molecule has 128 valence electrons. The highest BCUT2D eigenvalue weighted by atomic mass is 79.9. The van der Waals surface area contributed by atoms with Crippen LogP contribution in [-0.4, -0.2) is 31.1 Å². The topological polar surface area (TPSA) is 88.4 Å². The van der Waals surface area contributed by atoms with Gasteiger partial charge < -0.3 is 14.8 Å². The van der Waals surface area contributed by atoms with Crippen LogP contribution in [0.4, 0.5) is 0 Å². The third kappa shape index (κ3) is 6.42. The highest BCUT2D eigenvalue weighted by Crippen LogP contribution is 2.27. The molecule has 0 spiro atoms. The van der Waals surface area contributed by atoms with E-state index in [4.69, 9.17) is 14.7 Å². The molecule has 1 aromatic rings. The summed E-state index contributed by atoms with van der Waals surface area (Å²) in [5.41, 5.74) is 0.664. The van der Waals surface area contributed by atoms with Crippen molar-refractivity contribution >= 4 is 33.9 Å². The van der Waals surface area contributed by atoms with E-state index >= 15 is 0 Å². The highest BCUT2D eigenvalue weighted by molar-refractivity contribution is 9.10. The van der Waals surface area contributed by atoms with Gasteiger partial charge in [0.15, 0.2) is 6.61 Å². The number of benzene rings is 1. The number of nitriles is 1. The van der Waals surface area contributed by atoms with E-state index < -0.39 is 11.9 Å². The Balaban J connectivity index is 2.86. The van der Waals surface area contributed by atoms with Crippen molar-refractivity contribution in [3.05, 3.63) is 33.8 Å².